The minimum atomic E-state index is -0.000582. The first-order valence-electron chi connectivity index (χ1n) is 11.0. The third-order valence-electron chi connectivity index (χ3n) is 5.21. The van der Waals surface area contributed by atoms with Crippen molar-refractivity contribution >= 4 is 17.9 Å². The molecule has 0 amide bonds. The molecule has 1 aromatic carbocycles. The predicted octanol–water partition coefficient (Wildman–Crippen LogP) is 3.42. The Bertz CT molecular complexity index is 1020. The number of ether oxygens (including phenoxy) is 1. The molecule has 1 fully saturated rings. The average Bonchev–Trinajstić information content (AvgIpc) is 2.85. The van der Waals surface area contributed by atoms with Crippen molar-refractivity contribution in [2.24, 2.45) is 5.10 Å². The van der Waals surface area contributed by atoms with Crippen LogP contribution in [0.25, 0.3) is 0 Å². The Morgan fingerprint density at radius 3 is 2.78 bits per heavy atom. The van der Waals surface area contributed by atoms with Crippen LogP contribution >= 0.6 is 0 Å². The van der Waals surface area contributed by atoms with E-state index in [9.17, 15) is 5.11 Å². The molecule has 2 N–H and O–H groups in total. The number of nitrogens with one attached hydrogen (secondary N) is 1. The SMILES string of the molecule is OCc1cccc(/C=N/Nc2cc(N3CCCCC3)nc(OCCc3ccccn3)n2)c1. The van der Waals surface area contributed by atoms with Crippen LogP contribution in [0, 0.1) is 0 Å². The highest BCUT2D eigenvalue weighted by molar-refractivity contribution is 5.80. The van der Waals surface area contributed by atoms with Crippen molar-refractivity contribution in [3.8, 4) is 6.01 Å². The van der Waals surface area contributed by atoms with E-state index in [0.717, 1.165) is 48.6 Å². The molecule has 4 rings (SSSR count). The third kappa shape index (κ3) is 6.24. The summed E-state index contributed by atoms with van der Waals surface area (Å²) in [5, 5.41) is 13.6. The fraction of sp³-hybridized carbons (Fsp3) is 0.333. The Morgan fingerprint density at radius 2 is 1.97 bits per heavy atom. The van der Waals surface area contributed by atoms with Crippen LogP contribution in [-0.4, -0.2) is 46.0 Å². The monoisotopic (exact) mass is 432 g/mol. The number of piperidine rings is 1. The van der Waals surface area contributed by atoms with Gasteiger partial charge in [-0.2, -0.15) is 15.1 Å². The molecule has 0 spiro atoms. The van der Waals surface area contributed by atoms with Crippen LogP contribution < -0.4 is 15.1 Å². The standard InChI is InChI=1S/C24H28N6O2/c31-18-20-8-6-7-19(15-20)17-26-29-22-16-23(30-12-4-1-5-13-30)28-24(27-22)32-14-10-21-9-2-3-11-25-21/h2-3,6-9,11,15-17,31H,1,4-5,10,12-14,18H2,(H,27,28,29)/b26-17+. The van der Waals surface area contributed by atoms with Crippen molar-refractivity contribution in [1.82, 2.24) is 15.0 Å². The number of anilines is 2. The summed E-state index contributed by atoms with van der Waals surface area (Å²) in [5.74, 6) is 1.41. The van der Waals surface area contributed by atoms with E-state index in [1.807, 2.05) is 48.5 Å². The van der Waals surface area contributed by atoms with Crippen LogP contribution in [0.2, 0.25) is 0 Å². The summed E-state index contributed by atoms with van der Waals surface area (Å²) in [7, 11) is 0. The summed E-state index contributed by atoms with van der Waals surface area (Å²) in [6, 6.07) is 15.6. The zero-order valence-electron chi connectivity index (χ0n) is 18.0. The number of hydrogen-bond acceptors (Lipinski definition) is 8. The molecule has 8 nitrogen and oxygen atoms in total. The second kappa shape index (κ2) is 11.2. The van der Waals surface area contributed by atoms with Crippen LogP contribution in [-0.2, 0) is 13.0 Å². The van der Waals surface area contributed by atoms with E-state index in [4.69, 9.17) is 4.74 Å². The van der Waals surface area contributed by atoms with Gasteiger partial charge in [0, 0.05) is 37.5 Å². The molecule has 0 radical (unpaired) electrons. The van der Waals surface area contributed by atoms with Crippen molar-refractivity contribution in [2.75, 3.05) is 30.0 Å². The van der Waals surface area contributed by atoms with Crippen molar-refractivity contribution in [3.63, 3.8) is 0 Å². The topological polar surface area (TPSA) is 95.8 Å². The second-order valence-corrected chi connectivity index (χ2v) is 7.63. The molecule has 8 heteroatoms. The van der Waals surface area contributed by atoms with Gasteiger partial charge in [-0.1, -0.05) is 24.3 Å². The van der Waals surface area contributed by atoms with Gasteiger partial charge in [-0.05, 0) is 48.6 Å². The van der Waals surface area contributed by atoms with Crippen LogP contribution in [0.1, 0.15) is 36.1 Å². The van der Waals surface area contributed by atoms with Gasteiger partial charge in [0.15, 0.2) is 5.82 Å². The molecule has 0 atom stereocenters. The molecule has 1 aliphatic heterocycles. The summed E-state index contributed by atoms with van der Waals surface area (Å²) in [5.41, 5.74) is 5.69. The largest absolute Gasteiger partial charge is 0.463 e. The van der Waals surface area contributed by atoms with Crippen molar-refractivity contribution in [3.05, 3.63) is 71.5 Å². The van der Waals surface area contributed by atoms with Crippen molar-refractivity contribution in [1.29, 1.82) is 0 Å². The molecule has 1 saturated heterocycles. The molecule has 0 aliphatic carbocycles. The minimum absolute atomic E-state index is 0.000582. The van der Waals surface area contributed by atoms with Gasteiger partial charge in [-0.15, -0.1) is 0 Å². The first-order valence-corrected chi connectivity index (χ1v) is 11.0. The molecule has 0 unspecified atom stereocenters. The molecule has 1 aliphatic rings. The Balaban J connectivity index is 1.46. The van der Waals surface area contributed by atoms with E-state index in [2.05, 4.69) is 30.4 Å². The van der Waals surface area contributed by atoms with Gasteiger partial charge in [0.1, 0.15) is 5.82 Å². The fourth-order valence-corrected chi connectivity index (χ4v) is 3.56. The van der Waals surface area contributed by atoms with Crippen LogP contribution in [0.4, 0.5) is 11.6 Å². The van der Waals surface area contributed by atoms with Gasteiger partial charge in [0.05, 0.1) is 19.4 Å². The smallest absolute Gasteiger partial charge is 0.320 e. The number of hydrazone groups is 1. The van der Waals surface area contributed by atoms with E-state index in [1.165, 1.54) is 6.42 Å². The number of aliphatic hydroxyl groups is 1. The summed E-state index contributed by atoms with van der Waals surface area (Å²) in [4.78, 5) is 15.7. The molecule has 166 valence electrons. The second-order valence-electron chi connectivity index (χ2n) is 7.63. The van der Waals surface area contributed by atoms with E-state index in [1.54, 1.807) is 12.4 Å². The number of rotatable bonds is 9. The van der Waals surface area contributed by atoms with Crippen molar-refractivity contribution < 1.29 is 9.84 Å². The number of aliphatic hydroxyl groups excluding tert-OH is 1. The molecular weight excluding hydrogens is 404 g/mol. The lowest BCUT2D eigenvalue weighted by atomic mass is 10.1. The Morgan fingerprint density at radius 1 is 1.06 bits per heavy atom. The first kappa shape index (κ1) is 21.7. The number of hydrogen-bond donors (Lipinski definition) is 2. The highest BCUT2D eigenvalue weighted by Gasteiger charge is 2.15. The van der Waals surface area contributed by atoms with Crippen LogP contribution in [0.3, 0.4) is 0 Å². The highest BCUT2D eigenvalue weighted by atomic mass is 16.5. The van der Waals surface area contributed by atoms with Gasteiger partial charge < -0.3 is 14.7 Å². The van der Waals surface area contributed by atoms with E-state index in [-0.39, 0.29) is 6.61 Å². The van der Waals surface area contributed by atoms with Gasteiger partial charge in [-0.25, -0.2) is 0 Å². The maximum Gasteiger partial charge on any atom is 0.320 e. The van der Waals surface area contributed by atoms with Crippen LogP contribution in [0.5, 0.6) is 6.01 Å². The fourth-order valence-electron chi connectivity index (χ4n) is 3.56. The van der Waals surface area contributed by atoms with Crippen LogP contribution in [0.15, 0.2) is 59.8 Å². The Hall–Kier alpha value is -3.52. The van der Waals surface area contributed by atoms with E-state index < -0.39 is 0 Å². The highest BCUT2D eigenvalue weighted by Crippen LogP contribution is 2.23. The van der Waals surface area contributed by atoms with Gasteiger partial charge in [-0.3, -0.25) is 10.4 Å². The van der Waals surface area contributed by atoms with E-state index >= 15 is 0 Å². The summed E-state index contributed by atoms with van der Waals surface area (Å²) in [6.45, 7) is 2.39. The minimum Gasteiger partial charge on any atom is -0.463 e. The van der Waals surface area contributed by atoms with Gasteiger partial charge in [0.25, 0.3) is 0 Å². The number of benzene rings is 1. The summed E-state index contributed by atoms with van der Waals surface area (Å²) < 4.78 is 5.87. The molecular formula is C24H28N6O2. The number of nitrogens with zero attached hydrogens (tertiary/aromatic N) is 5. The third-order valence-corrected chi connectivity index (χ3v) is 5.21. The predicted molar refractivity (Wildman–Crippen MR) is 125 cm³/mol. The van der Waals surface area contributed by atoms with Gasteiger partial charge >= 0.3 is 6.01 Å². The zero-order valence-corrected chi connectivity index (χ0v) is 18.0. The average molecular weight is 433 g/mol. The summed E-state index contributed by atoms with van der Waals surface area (Å²) >= 11 is 0. The lowest BCUT2D eigenvalue weighted by molar-refractivity contribution is 0.282. The van der Waals surface area contributed by atoms with Crippen molar-refractivity contribution in [2.45, 2.75) is 32.3 Å². The molecule has 3 heterocycles. The molecule has 0 bridgehead atoms. The summed E-state index contributed by atoms with van der Waals surface area (Å²) in [6.07, 6.45) is 7.71. The molecule has 3 aromatic rings. The molecule has 0 saturated carbocycles. The first-order chi connectivity index (χ1) is 15.8. The quantitative estimate of drug-likeness (QED) is 0.395. The zero-order chi connectivity index (χ0) is 22.0. The number of pyridine rings is 1. The maximum atomic E-state index is 9.29. The molecule has 32 heavy (non-hydrogen) atoms. The Labute approximate surface area is 188 Å². The lowest BCUT2D eigenvalue weighted by Crippen LogP contribution is -2.30. The normalized spacial score (nSPS) is 14.0. The molecule has 2 aromatic heterocycles. The Kier molecular flexibility index (Phi) is 7.60. The van der Waals surface area contributed by atoms with Gasteiger partial charge in [0.2, 0.25) is 0 Å². The maximum absolute atomic E-state index is 9.29. The lowest BCUT2D eigenvalue weighted by Gasteiger charge is -2.28. The van der Waals surface area contributed by atoms with E-state index in [0.29, 0.717) is 24.9 Å². The number of aromatic nitrogens is 3.